The Morgan fingerprint density at radius 2 is 1.44 bits per heavy atom. The maximum atomic E-state index is 13.2. The van der Waals surface area contributed by atoms with Crippen molar-refractivity contribution in [2.45, 2.75) is 6.18 Å². The largest absolute Gasteiger partial charge is 0.418 e. The number of halogens is 5. The SMILES string of the molecule is C=C/C=C(/F)C(=C)C(=C)/C=C(/F)C(=C)C(F)(F)F. The van der Waals surface area contributed by atoms with Crippen LogP contribution in [0.3, 0.4) is 0 Å². The summed E-state index contributed by atoms with van der Waals surface area (Å²) < 4.78 is 62.6. The minimum atomic E-state index is -4.89. The van der Waals surface area contributed by atoms with Crippen molar-refractivity contribution in [1.29, 1.82) is 0 Å². The van der Waals surface area contributed by atoms with E-state index in [4.69, 9.17) is 0 Å². The molecule has 0 saturated carbocycles. The highest BCUT2D eigenvalue weighted by molar-refractivity contribution is 5.49. The second-order valence-corrected chi connectivity index (χ2v) is 3.22. The van der Waals surface area contributed by atoms with Crippen LogP contribution >= 0.6 is 0 Å². The van der Waals surface area contributed by atoms with Crippen LogP contribution in [-0.2, 0) is 0 Å². The van der Waals surface area contributed by atoms with Gasteiger partial charge in [0.05, 0.1) is 5.57 Å². The Hall–Kier alpha value is -1.91. The fourth-order valence-corrected chi connectivity index (χ4v) is 0.820. The predicted molar refractivity (Wildman–Crippen MR) is 62.1 cm³/mol. The average Bonchev–Trinajstić information content (AvgIpc) is 2.25. The quantitative estimate of drug-likeness (QED) is 0.477. The Morgan fingerprint density at radius 3 is 1.83 bits per heavy atom. The molecule has 0 bridgehead atoms. The van der Waals surface area contributed by atoms with Gasteiger partial charge in [-0.3, -0.25) is 0 Å². The fraction of sp³-hybridized carbons (Fsp3) is 0.0769. The number of alkyl halides is 3. The van der Waals surface area contributed by atoms with E-state index >= 15 is 0 Å². The molecule has 0 aromatic carbocycles. The molecule has 0 unspecified atom stereocenters. The molecule has 0 aliphatic heterocycles. The number of hydrogen-bond acceptors (Lipinski definition) is 0. The second-order valence-electron chi connectivity index (χ2n) is 3.22. The van der Waals surface area contributed by atoms with Crippen molar-refractivity contribution in [3.63, 3.8) is 0 Å². The minimum Gasteiger partial charge on any atom is -0.206 e. The van der Waals surface area contributed by atoms with Gasteiger partial charge in [0, 0.05) is 5.57 Å². The molecule has 0 heterocycles. The molecule has 0 aliphatic rings. The van der Waals surface area contributed by atoms with Crippen molar-refractivity contribution >= 4 is 0 Å². The van der Waals surface area contributed by atoms with Crippen molar-refractivity contribution < 1.29 is 22.0 Å². The highest BCUT2D eigenvalue weighted by Crippen LogP contribution is 2.31. The Morgan fingerprint density at radius 1 is 0.944 bits per heavy atom. The molecule has 0 amide bonds. The van der Waals surface area contributed by atoms with Crippen molar-refractivity contribution in [2.24, 2.45) is 0 Å². The van der Waals surface area contributed by atoms with Gasteiger partial charge >= 0.3 is 6.18 Å². The maximum Gasteiger partial charge on any atom is 0.418 e. The predicted octanol–water partition coefficient (Wildman–Crippen LogP) is 5.11. The van der Waals surface area contributed by atoms with E-state index in [0.29, 0.717) is 6.08 Å². The summed E-state index contributed by atoms with van der Waals surface area (Å²) in [6.07, 6.45) is -2.42. The summed E-state index contributed by atoms with van der Waals surface area (Å²) in [5.74, 6) is -2.50. The zero-order chi connectivity index (χ0) is 14.5. The maximum absolute atomic E-state index is 13.2. The first-order valence-electron chi connectivity index (χ1n) is 4.61. The first kappa shape index (κ1) is 16.1. The molecule has 0 radical (unpaired) electrons. The summed E-state index contributed by atoms with van der Waals surface area (Å²) in [6, 6.07) is 0. The van der Waals surface area contributed by atoms with E-state index < -0.39 is 23.4 Å². The molecule has 0 fully saturated rings. The van der Waals surface area contributed by atoms with Gasteiger partial charge in [-0.1, -0.05) is 32.4 Å². The molecule has 0 spiro atoms. The van der Waals surface area contributed by atoms with E-state index in [9.17, 15) is 22.0 Å². The van der Waals surface area contributed by atoms with E-state index in [2.05, 4.69) is 26.3 Å². The van der Waals surface area contributed by atoms with Gasteiger partial charge in [-0.05, 0) is 17.7 Å². The molecule has 0 aromatic heterocycles. The third-order valence-electron chi connectivity index (χ3n) is 1.87. The van der Waals surface area contributed by atoms with E-state index in [0.717, 1.165) is 12.2 Å². The number of hydrogen-bond donors (Lipinski definition) is 0. The van der Waals surface area contributed by atoms with Crippen LogP contribution in [0, 0.1) is 0 Å². The summed E-state index contributed by atoms with van der Waals surface area (Å²) in [5, 5.41) is 0. The highest BCUT2D eigenvalue weighted by Gasteiger charge is 2.34. The van der Waals surface area contributed by atoms with Crippen molar-refractivity contribution in [3.05, 3.63) is 72.9 Å². The summed E-state index contributed by atoms with van der Waals surface area (Å²) in [5.41, 5.74) is -2.32. The molecule has 0 aromatic rings. The monoisotopic (exact) mass is 262 g/mol. The van der Waals surface area contributed by atoms with Crippen LogP contribution in [0.1, 0.15) is 0 Å². The lowest BCUT2D eigenvalue weighted by atomic mass is 10.1. The molecular formula is C13H11F5. The standard InChI is InChI=1S/C13H11F5/c1-5-6-11(14)9(3)8(2)7-12(15)10(4)13(16,17)18/h5-7H,1-4H2/b11-6+,12-7+. The van der Waals surface area contributed by atoms with Crippen molar-refractivity contribution in [3.8, 4) is 0 Å². The fourth-order valence-electron chi connectivity index (χ4n) is 0.820. The average molecular weight is 262 g/mol. The third kappa shape index (κ3) is 4.53. The van der Waals surface area contributed by atoms with Crippen LogP contribution < -0.4 is 0 Å². The molecular weight excluding hydrogens is 251 g/mol. The van der Waals surface area contributed by atoms with E-state index in [-0.39, 0.29) is 11.1 Å². The highest BCUT2D eigenvalue weighted by atomic mass is 19.4. The summed E-state index contributed by atoms with van der Waals surface area (Å²) in [4.78, 5) is 0. The molecule has 5 heteroatoms. The van der Waals surface area contributed by atoms with Crippen molar-refractivity contribution in [2.75, 3.05) is 0 Å². The Balaban J connectivity index is 5.06. The summed E-state index contributed by atoms with van der Waals surface area (Å²) in [6.45, 7) is 12.2. The van der Waals surface area contributed by atoms with Gasteiger partial charge in [0.2, 0.25) is 0 Å². The zero-order valence-electron chi connectivity index (χ0n) is 9.45. The number of allylic oxidation sites excluding steroid dienone is 8. The molecule has 0 nitrogen and oxygen atoms in total. The van der Waals surface area contributed by atoms with Gasteiger partial charge < -0.3 is 0 Å². The summed E-state index contributed by atoms with van der Waals surface area (Å²) in [7, 11) is 0. The van der Waals surface area contributed by atoms with Crippen LogP contribution in [0.2, 0.25) is 0 Å². The van der Waals surface area contributed by atoms with Gasteiger partial charge in [-0.25, -0.2) is 8.78 Å². The molecule has 18 heavy (non-hydrogen) atoms. The van der Waals surface area contributed by atoms with Gasteiger partial charge in [0.1, 0.15) is 11.7 Å². The molecule has 98 valence electrons. The lowest BCUT2D eigenvalue weighted by Crippen LogP contribution is -2.11. The Kier molecular flexibility index (Phi) is 5.49. The van der Waals surface area contributed by atoms with Crippen molar-refractivity contribution in [1.82, 2.24) is 0 Å². The Bertz CT molecular complexity index is 446. The topological polar surface area (TPSA) is 0 Å². The van der Waals surface area contributed by atoms with Crippen LogP contribution in [-0.4, -0.2) is 6.18 Å². The van der Waals surface area contributed by atoms with E-state index in [1.807, 2.05) is 0 Å². The van der Waals surface area contributed by atoms with Gasteiger partial charge in [0.15, 0.2) is 0 Å². The molecule has 0 N–H and O–H groups in total. The lowest BCUT2D eigenvalue weighted by molar-refractivity contribution is -0.0906. The lowest BCUT2D eigenvalue weighted by Gasteiger charge is -2.08. The molecule has 0 aliphatic carbocycles. The van der Waals surface area contributed by atoms with Crippen LogP contribution in [0.4, 0.5) is 22.0 Å². The first-order chi connectivity index (χ1) is 8.11. The molecule has 0 rings (SSSR count). The molecule has 0 saturated heterocycles. The van der Waals surface area contributed by atoms with Crippen LogP contribution in [0.25, 0.3) is 0 Å². The zero-order valence-corrected chi connectivity index (χ0v) is 9.45. The summed E-state index contributed by atoms with van der Waals surface area (Å²) >= 11 is 0. The van der Waals surface area contributed by atoms with Gasteiger partial charge in [-0.15, -0.1) is 0 Å². The third-order valence-corrected chi connectivity index (χ3v) is 1.87. The normalized spacial score (nSPS) is 13.2. The number of rotatable bonds is 5. The van der Waals surface area contributed by atoms with E-state index in [1.54, 1.807) is 0 Å². The molecule has 0 atom stereocenters. The minimum absolute atomic E-state index is 0.325. The second kappa shape index (κ2) is 6.14. The van der Waals surface area contributed by atoms with Gasteiger partial charge in [-0.2, -0.15) is 13.2 Å². The Labute approximate surface area is 102 Å². The first-order valence-corrected chi connectivity index (χ1v) is 4.61. The smallest absolute Gasteiger partial charge is 0.206 e. The van der Waals surface area contributed by atoms with Crippen LogP contribution in [0.5, 0.6) is 0 Å². The van der Waals surface area contributed by atoms with E-state index in [1.165, 1.54) is 0 Å². The van der Waals surface area contributed by atoms with Gasteiger partial charge in [0.25, 0.3) is 0 Å². The van der Waals surface area contributed by atoms with Crippen LogP contribution in [0.15, 0.2) is 72.9 Å².